The fraction of sp³-hybridized carbons (Fsp3) is 0.833. The Morgan fingerprint density at radius 2 is 2.11 bits per heavy atom. The highest BCUT2D eigenvalue weighted by Gasteiger charge is 2.17. The fourth-order valence-electron chi connectivity index (χ4n) is 1.94. The van der Waals surface area contributed by atoms with Crippen LogP contribution in [0.15, 0.2) is 0 Å². The van der Waals surface area contributed by atoms with Crippen molar-refractivity contribution in [3.05, 3.63) is 5.82 Å². The van der Waals surface area contributed by atoms with Crippen LogP contribution in [-0.4, -0.2) is 31.3 Å². The molecule has 0 amide bonds. The molecule has 1 unspecified atom stereocenters. The number of aromatic nitrogens is 4. The van der Waals surface area contributed by atoms with E-state index in [4.69, 9.17) is 5.11 Å². The number of hydrogen-bond acceptors (Lipinski definition) is 4. The molecule has 1 aromatic rings. The van der Waals surface area contributed by atoms with Crippen molar-refractivity contribution in [1.82, 2.24) is 20.2 Å². The largest absolute Gasteiger partial charge is 0.481 e. The van der Waals surface area contributed by atoms with Gasteiger partial charge in [-0.3, -0.25) is 4.79 Å². The normalized spacial score (nSPS) is 12.6. The van der Waals surface area contributed by atoms with E-state index in [1.807, 2.05) is 6.92 Å². The van der Waals surface area contributed by atoms with Gasteiger partial charge in [0.05, 0.1) is 5.92 Å². The van der Waals surface area contributed by atoms with Crippen molar-refractivity contribution in [3.63, 3.8) is 0 Å². The van der Waals surface area contributed by atoms with Gasteiger partial charge < -0.3 is 5.11 Å². The molecule has 0 radical (unpaired) electrons. The first-order valence-electron chi connectivity index (χ1n) is 6.60. The average Bonchev–Trinajstić information content (AvgIpc) is 2.73. The minimum Gasteiger partial charge on any atom is -0.481 e. The van der Waals surface area contributed by atoms with Crippen molar-refractivity contribution in [2.24, 2.45) is 5.92 Å². The summed E-state index contributed by atoms with van der Waals surface area (Å²) in [5, 5.41) is 20.3. The molecule has 6 heteroatoms. The Hall–Kier alpha value is -1.46. The summed E-state index contributed by atoms with van der Waals surface area (Å²) in [4.78, 5) is 11.1. The number of hydrogen-bond donors (Lipinski definition) is 1. The second-order valence-electron chi connectivity index (χ2n) is 4.62. The summed E-state index contributed by atoms with van der Waals surface area (Å²) in [7, 11) is 0. The summed E-state index contributed by atoms with van der Waals surface area (Å²) in [5.74, 6) is -0.271. The Labute approximate surface area is 107 Å². The monoisotopic (exact) mass is 254 g/mol. The molecule has 18 heavy (non-hydrogen) atoms. The molecule has 1 atom stereocenters. The van der Waals surface area contributed by atoms with Gasteiger partial charge in [0.25, 0.3) is 0 Å². The minimum absolute atomic E-state index is 0.287. The van der Waals surface area contributed by atoms with Gasteiger partial charge in [-0.05, 0) is 30.2 Å². The molecule has 1 heterocycles. The predicted molar refractivity (Wildman–Crippen MR) is 67.1 cm³/mol. The highest BCUT2D eigenvalue weighted by atomic mass is 16.4. The molecule has 0 bridgehead atoms. The number of carboxylic acids is 1. The first-order valence-corrected chi connectivity index (χ1v) is 6.60. The molecule has 1 N–H and O–H groups in total. The average molecular weight is 254 g/mol. The van der Waals surface area contributed by atoms with Gasteiger partial charge in [0.15, 0.2) is 0 Å². The van der Waals surface area contributed by atoms with E-state index in [9.17, 15) is 4.79 Å². The van der Waals surface area contributed by atoms with Crippen molar-refractivity contribution in [1.29, 1.82) is 0 Å². The van der Waals surface area contributed by atoms with Crippen LogP contribution in [0.3, 0.4) is 0 Å². The van der Waals surface area contributed by atoms with Gasteiger partial charge in [-0.1, -0.05) is 32.6 Å². The lowest BCUT2D eigenvalue weighted by atomic mass is 9.97. The topological polar surface area (TPSA) is 80.9 Å². The van der Waals surface area contributed by atoms with Crippen molar-refractivity contribution in [2.45, 2.75) is 58.9 Å². The van der Waals surface area contributed by atoms with Gasteiger partial charge in [0.2, 0.25) is 0 Å². The third-order valence-corrected chi connectivity index (χ3v) is 3.16. The Morgan fingerprint density at radius 1 is 1.33 bits per heavy atom. The number of unbranched alkanes of at least 4 members (excludes halogenated alkanes) is 3. The van der Waals surface area contributed by atoms with E-state index in [0.717, 1.165) is 25.1 Å². The number of aryl methyl sites for hydroxylation is 2. The lowest BCUT2D eigenvalue weighted by Gasteiger charge is -2.12. The Balaban J connectivity index is 2.34. The van der Waals surface area contributed by atoms with Crippen LogP contribution in [0, 0.1) is 12.8 Å². The molecule has 102 valence electrons. The van der Waals surface area contributed by atoms with Gasteiger partial charge in [-0.25, -0.2) is 4.68 Å². The van der Waals surface area contributed by atoms with E-state index < -0.39 is 5.97 Å². The van der Waals surface area contributed by atoms with Gasteiger partial charge in [0, 0.05) is 6.54 Å². The van der Waals surface area contributed by atoms with Crippen LogP contribution in [0.1, 0.15) is 51.3 Å². The molecule has 0 aliphatic rings. The first-order chi connectivity index (χ1) is 8.65. The zero-order valence-corrected chi connectivity index (χ0v) is 11.2. The van der Waals surface area contributed by atoms with E-state index in [1.54, 1.807) is 4.68 Å². The number of carbonyl (C=O) groups is 1. The van der Waals surface area contributed by atoms with Crippen LogP contribution in [0.25, 0.3) is 0 Å². The Kier molecular flexibility index (Phi) is 6.32. The van der Waals surface area contributed by atoms with E-state index in [1.165, 1.54) is 12.8 Å². The molecule has 0 aliphatic heterocycles. The van der Waals surface area contributed by atoms with Crippen molar-refractivity contribution >= 4 is 5.97 Å². The molecule has 1 rings (SSSR count). The van der Waals surface area contributed by atoms with Crippen molar-refractivity contribution < 1.29 is 9.90 Å². The lowest BCUT2D eigenvalue weighted by Crippen LogP contribution is -2.17. The highest BCUT2D eigenvalue weighted by Crippen LogP contribution is 2.15. The molecule has 0 saturated heterocycles. The van der Waals surface area contributed by atoms with Crippen LogP contribution in [0.2, 0.25) is 0 Å². The lowest BCUT2D eigenvalue weighted by molar-refractivity contribution is -0.142. The molecular weight excluding hydrogens is 232 g/mol. The van der Waals surface area contributed by atoms with Crippen LogP contribution in [-0.2, 0) is 11.3 Å². The van der Waals surface area contributed by atoms with Gasteiger partial charge in [-0.15, -0.1) is 5.10 Å². The maximum absolute atomic E-state index is 11.1. The SMILES string of the molecule is CCCCCCC(CCn1nnnc1C)C(=O)O. The summed E-state index contributed by atoms with van der Waals surface area (Å²) in [6.45, 7) is 4.54. The van der Waals surface area contributed by atoms with E-state index >= 15 is 0 Å². The molecule has 0 aliphatic carbocycles. The molecule has 0 saturated carbocycles. The standard InChI is InChI=1S/C12H22N4O2/c1-3-4-5-6-7-11(12(17)18)8-9-16-10(2)13-14-15-16/h11H,3-9H2,1-2H3,(H,17,18). The smallest absolute Gasteiger partial charge is 0.306 e. The Bertz CT molecular complexity index is 365. The van der Waals surface area contributed by atoms with Crippen LogP contribution < -0.4 is 0 Å². The molecule has 1 aromatic heterocycles. The summed E-state index contributed by atoms with van der Waals surface area (Å²) >= 11 is 0. The first kappa shape index (κ1) is 14.6. The summed E-state index contributed by atoms with van der Waals surface area (Å²) < 4.78 is 1.65. The predicted octanol–water partition coefficient (Wildman–Crippen LogP) is 2.04. The number of aliphatic carboxylic acids is 1. The van der Waals surface area contributed by atoms with E-state index in [0.29, 0.717) is 13.0 Å². The molecular formula is C12H22N4O2. The second-order valence-corrected chi connectivity index (χ2v) is 4.62. The van der Waals surface area contributed by atoms with Crippen LogP contribution in [0.4, 0.5) is 0 Å². The van der Waals surface area contributed by atoms with Crippen molar-refractivity contribution in [3.8, 4) is 0 Å². The van der Waals surface area contributed by atoms with Gasteiger partial charge in [-0.2, -0.15) is 0 Å². The minimum atomic E-state index is -0.711. The number of carboxylic acid groups (broad SMARTS) is 1. The van der Waals surface area contributed by atoms with E-state index in [-0.39, 0.29) is 5.92 Å². The third-order valence-electron chi connectivity index (χ3n) is 3.16. The Morgan fingerprint density at radius 3 is 2.67 bits per heavy atom. The fourth-order valence-corrected chi connectivity index (χ4v) is 1.94. The van der Waals surface area contributed by atoms with Crippen molar-refractivity contribution in [2.75, 3.05) is 0 Å². The number of rotatable bonds is 9. The summed E-state index contributed by atoms with van der Waals surface area (Å²) in [5.41, 5.74) is 0. The molecule has 0 fully saturated rings. The highest BCUT2D eigenvalue weighted by molar-refractivity contribution is 5.69. The maximum Gasteiger partial charge on any atom is 0.306 e. The van der Waals surface area contributed by atoms with Crippen LogP contribution >= 0.6 is 0 Å². The third kappa shape index (κ3) is 4.81. The molecule has 0 aromatic carbocycles. The second kappa shape index (κ2) is 7.79. The van der Waals surface area contributed by atoms with Gasteiger partial charge in [0.1, 0.15) is 5.82 Å². The molecule has 0 spiro atoms. The van der Waals surface area contributed by atoms with Crippen LogP contribution in [0.5, 0.6) is 0 Å². The maximum atomic E-state index is 11.1. The number of tetrazole rings is 1. The van der Waals surface area contributed by atoms with Gasteiger partial charge >= 0.3 is 5.97 Å². The molecule has 6 nitrogen and oxygen atoms in total. The zero-order valence-electron chi connectivity index (χ0n) is 11.2. The zero-order chi connectivity index (χ0) is 13.4. The van der Waals surface area contributed by atoms with E-state index in [2.05, 4.69) is 22.4 Å². The summed E-state index contributed by atoms with van der Waals surface area (Å²) in [6.07, 6.45) is 5.79. The number of nitrogens with zero attached hydrogens (tertiary/aromatic N) is 4. The quantitative estimate of drug-likeness (QED) is 0.682. The summed E-state index contributed by atoms with van der Waals surface area (Å²) in [6, 6.07) is 0.